The van der Waals surface area contributed by atoms with Crippen LogP contribution in [0, 0.1) is 0 Å². The van der Waals surface area contributed by atoms with Crippen LogP contribution in [0.2, 0.25) is 0 Å². The summed E-state index contributed by atoms with van der Waals surface area (Å²) >= 11 is 0. The first-order valence-corrected chi connectivity index (χ1v) is 46.0. The SMILES string of the molecule is C.C.CC1(C)c2ccccc2-c2c1ccc1oc3c(-c4nc(-c5ccccc5)nc(-c5ccccn5)n4)cccc3c21.CC1(C)c2ccccc2-c2c1ccc1oc3c(-c4nc(-c5ccccn5)nc(-c5ccccn5)n4)cccc3c21.CC1(C)c2ccccc2-c2ccc(-c3nc(-c4cccc5c4oc4ccccc45)nc(-c4cccc5c4oc4ccc6c(c45)-c4ccccc4C6(C)C)n3)cc21. The minimum absolute atomic E-state index is 0. The number of hydrogen-bond donors (Lipinski definition) is 0. The van der Waals surface area contributed by atoms with Crippen LogP contribution in [0.3, 0.4) is 0 Å². The van der Waals surface area contributed by atoms with Gasteiger partial charge in [0.2, 0.25) is 0 Å². The standard InChI is InChI=1S/C51H35N3O2.C35H24N4O.C34H23N5O.2CH4/c1-50(2)38-21-9-6-15-33(38)43-39(50)25-26-42-44(43)34-17-12-19-36(46(34)56-42)49-53-47(28-23-24-30-29-13-5-8-20-37(29)51(3,4)40(30)27-28)52-48(54-49)35-18-11-16-32-31-14-7-10-22-41(31)55-45(32)35;1-35(2)25-16-7-6-13-22(25)29-26(35)18-19-28-30(29)23-14-10-15-24(31(23)40-28)33-37-32(21-11-4-3-5-12-21)38-34(39-33)27-17-8-9-20-36-27;1-34(2)23-13-4-3-10-20(23)28-24(34)16-17-27-29(28)21-11-9-12-22(30(21)40-27)31-37-32(25-14-5-7-18-35-25)39-33(38-31)26-15-6-8-19-36-26;;/h5-27H,1-4H3;3-20H,1-2H3;3-19H,1-2H3;2*1H4. The van der Waals surface area contributed by atoms with Crippen LogP contribution in [-0.4, -0.2) is 59.8 Å². The van der Waals surface area contributed by atoms with E-state index in [-0.39, 0.29) is 36.5 Å². The predicted molar refractivity (Wildman–Crippen MR) is 555 cm³/mol. The first-order chi connectivity index (χ1) is 66.5. The maximum atomic E-state index is 6.85. The Bertz CT molecular complexity index is 8710. The summed E-state index contributed by atoms with van der Waals surface area (Å²) in [5.74, 6) is 4.83. The number of benzene rings is 14. The van der Waals surface area contributed by atoms with Crippen molar-refractivity contribution in [2.45, 2.75) is 91.9 Å². The topological polar surface area (TPSA) is 207 Å². The van der Waals surface area contributed by atoms with Gasteiger partial charge in [0.15, 0.2) is 52.4 Å². The van der Waals surface area contributed by atoms with Crippen molar-refractivity contribution in [2.24, 2.45) is 0 Å². The molecular weight excluding hydrogens is 1700 g/mol. The molecule has 0 spiro atoms. The van der Waals surface area contributed by atoms with Crippen molar-refractivity contribution >= 4 is 87.8 Å². The zero-order valence-corrected chi connectivity index (χ0v) is 75.5. The van der Waals surface area contributed by atoms with Gasteiger partial charge in [0.25, 0.3) is 0 Å². The van der Waals surface area contributed by atoms with Crippen molar-refractivity contribution < 1.29 is 17.7 Å². The highest BCUT2D eigenvalue weighted by molar-refractivity contribution is 6.20. The highest BCUT2D eigenvalue weighted by atomic mass is 16.3. The third-order valence-electron chi connectivity index (χ3n) is 28.4. The first kappa shape index (κ1) is 83.8. The minimum Gasteiger partial charge on any atom is -0.455 e. The largest absolute Gasteiger partial charge is 0.455 e. The van der Waals surface area contributed by atoms with E-state index in [9.17, 15) is 0 Å². The van der Waals surface area contributed by atoms with E-state index in [1.807, 2.05) is 127 Å². The molecule has 0 unspecified atom stereocenters. The summed E-state index contributed by atoms with van der Waals surface area (Å²) in [5.41, 5.74) is 33.6. The lowest BCUT2D eigenvalue weighted by atomic mass is 9.82. The van der Waals surface area contributed by atoms with Gasteiger partial charge in [-0.1, -0.05) is 313 Å². The zero-order chi connectivity index (χ0) is 91.2. The van der Waals surface area contributed by atoms with Gasteiger partial charge in [-0.15, -0.1) is 0 Å². The van der Waals surface area contributed by atoms with Crippen LogP contribution in [0.5, 0.6) is 0 Å². The lowest BCUT2D eigenvalue weighted by Gasteiger charge is -2.21. The van der Waals surface area contributed by atoms with Gasteiger partial charge in [0.1, 0.15) is 61.7 Å². The molecule has 0 radical (unpaired) electrons. The maximum Gasteiger partial charge on any atom is 0.182 e. The quantitative estimate of drug-likeness (QED) is 0.132. The Balaban J connectivity index is 0.000000114. The van der Waals surface area contributed by atoms with Crippen molar-refractivity contribution in [2.75, 3.05) is 0 Å². The summed E-state index contributed by atoms with van der Waals surface area (Å²) in [7, 11) is 0. The second-order valence-corrected chi connectivity index (χ2v) is 37.6. The van der Waals surface area contributed by atoms with Crippen LogP contribution < -0.4 is 0 Å². The summed E-state index contributed by atoms with van der Waals surface area (Å²) < 4.78 is 26.6. The van der Waals surface area contributed by atoms with Gasteiger partial charge in [-0.25, -0.2) is 44.9 Å². The molecule has 0 fully saturated rings. The van der Waals surface area contributed by atoms with E-state index in [0.29, 0.717) is 69.5 Å². The molecule has 0 aliphatic heterocycles. The molecule has 4 aliphatic carbocycles. The number of pyridine rings is 3. The lowest BCUT2D eigenvalue weighted by Crippen LogP contribution is -2.15. The van der Waals surface area contributed by atoms with Crippen LogP contribution in [0.15, 0.2) is 370 Å². The number of fused-ring (bicyclic) bond motifs is 27. The van der Waals surface area contributed by atoms with Gasteiger partial charge in [0.05, 0.1) is 22.3 Å². The average Bonchev–Trinajstić information content (AvgIpc) is 1.55. The number of aromatic nitrogens is 12. The fourth-order valence-corrected chi connectivity index (χ4v) is 21.8. The summed E-state index contributed by atoms with van der Waals surface area (Å²) in [6.07, 6.45) is 5.22. The van der Waals surface area contributed by atoms with Gasteiger partial charge >= 0.3 is 0 Å². The smallest absolute Gasteiger partial charge is 0.182 e. The third-order valence-corrected chi connectivity index (χ3v) is 28.4. The molecular formula is C122H90N12O4. The van der Waals surface area contributed by atoms with Crippen LogP contribution in [0.25, 0.3) is 235 Å². The molecule has 16 nitrogen and oxygen atoms in total. The maximum absolute atomic E-state index is 6.85. The first-order valence-electron chi connectivity index (χ1n) is 46.0. The van der Waals surface area contributed by atoms with Crippen LogP contribution in [-0.2, 0) is 21.7 Å². The van der Waals surface area contributed by atoms with Crippen LogP contribution in [0.1, 0.15) is 115 Å². The van der Waals surface area contributed by atoms with Gasteiger partial charge in [-0.05, 0) is 180 Å². The summed E-state index contributed by atoms with van der Waals surface area (Å²) in [4.78, 5) is 58.4. The Labute approximate surface area is 796 Å². The molecule has 10 aromatic heterocycles. The molecule has 0 amide bonds. The van der Waals surface area contributed by atoms with Gasteiger partial charge in [-0.3, -0.25) is 15.0 Å². The van der Waals surface area contributed by atoms with E-state index in [1.165, 1.54) is 89.0 Å². The summed E-state index contributed by atoms with van der Waals surface area (Å²) in [5, 5.41) is 8.60. The molecule has 138 heavy (non-hydrogen) atoms. The van der Waals surface area contributed by atoms with E-state index >= 15 is 0 Å². The number of rotatable bonds is 9. The molecule has 0 saturated heterocycles. The molecule has 0 atom stereocenters. The molecule has 0 bridgehead atoms. The minimum atomic E-state index is -0.173. The number of nitrogens with zero attached hydrogens (tertiary/aromatic N) is 12. The van der Waals surface area contributed by atoms with Crippen molar-refractivity contribution in [1.29, 1.82) is 0 Å². The van der Waals surface area contributed by atoms with Crippen molar-refractivity contribution in [3.05, 3.63) is 397 Å². The van der Waals surface area contributed by atoms with Crippen LogP contribution in [0.4, 0.5) is 0 Å². The summed E-state index contributed by atoms with van der Waals surface area (Å²) in [6, 6.07) is 115. The van der Waals surface area contributed by atoms with Crippen molar-refractivity contribution in [3.63, 3.8) is 0 Å². The average molecular weight is 1790 g/mol. The lowest BCUT2D eigenvalue weighted by molar-refractivity contribution is 0.656. The molecule has 28 rings (SSSR count). The zero-order valence-electron chi connectivity index (χ0n) is 75.5. The van der Waals surface area contributed by atoms with Crippen LogP contribution >= 0.6 is 0 Å². The Kier molecular flexibility index (Phi) is 19.3. The molecule has 0 saturated carbocycles. The molecule has 10 heterocycles. The normalized spacial score (nSPS) is 13.8. The number of hydrogen-bond acceptors (Lipinski definition) is 16. The summed E-state index contributed by atoms with van der Waals surface area (Å²) in [6.45, 7) is 18.4. The van der Waals surface area contributed by atoms with E-state index in [0.717, 1.165) is 121 Å². The van der Waals surface area contributed by atoms with E-state index in [2.05, 4.69) is 277 Å². The predicted octanol–water partition coefficient (Wildman–Crippen LogP) is 30.9. The Morgan fingerprint density at radius 3 is 0.891 bits per heavy atom. The fraction of sp³-hybridized carbons (Fsp3) is 0.115. The molecule has 14 aromatic carbocycles. The van der Waals surface area contributed by atoms with Crippen molar-refractivity contribution in [1.82, 2.24) is 59.8 Å². The van der Waals surface area contributed by atoms with E-state index in [4.69, 9.17) is 62.5 Å². The van der Waals surface area contributed by atoms with E-state index in [1.54, 1.807) is 18.6 Å². The highest BCUT2D eigenvalue weighted by Crippen LogP contribution is 2.58. The molecule has 16 heteroatoms. The van der Waals surface area contributed by atoms with E-state index < -0.39 is 0 Å². The van der Waals surface area contributed by atoms with Crippen molar-refractivity contribution in [3.8, 4) is 147 Å². The second-order valence-electron chi connectivity index (χ2n) is 37.6. The number of furan rings is 4. The Morgan fingerprint density at radius 1 is 0.188 bits per heavy atom. The highest BCUT2D eigenvalue weighted by Gasteiger charge is 2.42. The second kappa shape index (κ2) is 31.7. The molecule has 662 valence electrons. The molecule has 24 aromatic rings. The third kappa shape index (κ3) is 12.9. The molecule has 0 N–H and O–H groups in total. The van der Waals surface area contributed by atoms with Gasteiger partial charge in [-0.2, -0.15) is 0 Å². The Morgan fingerprint density at radius 2 is 0.478 bits per heavy atom. The van der Waals surface area contributed by atoms with Gasteiger partial charge in [0, 0.05) is 94.5 Å². The monoisotopic (exact) mass is 1790 g/mol. The molecule has 4 aliphatic rings. The fourth-order valence-electron chi connectivity index (χ4n) is 21.8. The number of para-hydroxylation sites is 5. The van der Waals surface area contributed by atoms with Gasteiger partial charge < -0.3 is 17.7 Å². The Hall–Kier alpha value is -17.2.